The molecule has 0 aliphatic rings. The summed E-state index contributed by atoms with van der Waals surface area (Å²) in [4.78, 5) is 1.21. The Balaban J connectivity index is 2.13. The van der Waals surface area contributed by atoms with Gasteiger partial charge in [0.15, 0.2) is 6.29 Å². The predicted molar refractivity (Wildman–Crippen MR) is 51.8 cm³/mol. The summed E-state index contributed by atoms with van der Waals surface area (Å²) in [6.45, 7) is 1.09. The van der Waals surface area contributed by atoms with Gasteiger partial charge in [-0.1, -0.05) is 6.07 Å². The molecule has 1 heterocycles. The lowest BCUT2D eigenvalue weighted by atomic mass is 10.5. The molecule has 1 aromatic rings. The number of ether oxygens (including phenoxy) is 3. The van der Waals surface area contributed by atoms with Crippen molar-refractivity contribution in [2.24, 2.45) is 0 Å². The van der Waals surface area contributed by atoms with E-state index in [1.54, 1.807) is 25.6 Å². The average molecular weight is 202 g/mol. The molecule has 0 aliphatic heterocycles. The lowest BCUT2D eigenvalue weighted by molar-refractivity contribution is -0.142. The normalized spacial score (nSPS) is 11.0. The minimum Gasteiger partial charge on any atom is -0.371 e. The third-order valence-corrected chi connectivity index (χ3v) is 2.45. The van der Waals surface area contributed by atoms with Crippen molar-refractivity contribution < 1.29 is 14.2 Å². The molecule has 0 saturated heterocycles. The number of hydrogen-bond donors (Lipinski definition) is 0. The average Bonchev–Trinajstić information content (AvgIpc) is 2.65. The van der Waals surface area contributed by atoms with Crippen LogP contribution in [0.3, 0.4) is 0 Å². The highest BCUT2D eigenvalue weighted by molar-refractivity contribution is 7.09. The largest absolute Gasteiger partial charge is 0.371 e. The molecule has 0 unspecified atom stereocenters. The Kier molecular flexibility index (Phi) is 5.00. The second-order valence-electron chi connectivity index (χ2n) is 2.50. The van der Waals surface area contributed by atoms with Crippen LogP contribution in [0.25, 0.3) is 0 Å². The van der Waals surface area contributed by atoms with Crippen LogP contribution < -0.4 is 0 Å². The first-order valence-electron chi connectivity index (χ1n) is 4.02. The maximum absolute atomic E-state index is 5.38. The Labute approximate surface area is 82.2 Å². The molecule has 13 heavy (non-hydrogen) atoms. The van der Waals surface area contributed by atoms with Gasteiger partial charge in [0.1, 0.15) is 0 Å². The summed E-state index contributed by atoms with van der Waals surface area (Å²) < 4.78 is 15.3. The van der Waals surface area contributed by atoms with Crippen molar-refractivity contribution in [2.75, 3.05) is 20.8 Å². The Bertz CT molecular complexity index is 207. The molecule has 0 aliphatic carbocycles. The van der Waals surface area contributed by atoms with Crippen molar-refractivity contribution in [3.05, 3.63) is 22.4 Å². The zero-order valence-corrected chi connectivity index (χ0v) is 8.67. The van der Waals surface area contributed by atoms with Gasteiger partial charge >= 0.3 is 0 Å². The van der Waals surface area contributed by atoms with Crippen molar-refractivity contribution in [3.63, 3.8) is 0 Å². The summed E-state index contributed by atoms with van der Waals surface area (Å²) in [6, 6.07) is 4.05. The van der Waals surface area contributed by atoms with Crippen LogP contribution in [0.1, 0.15) is 4.88 Å². The van der Waals surface area contributed by atoms with E-state index in [1.807, 2.05) is 17.5 Å². The van der Waals surface area contributed by atoms with E-state index in [0.29, 0.717) is 13.2 Å². The Morgan fingerprint density at radius 1 is 1.38 bits per heavy atom. The van der Waals surface area contributed by atoms with E-state index < -0.39 is 0 Å². The second kappa shape index (κ2) is 6.10. The van der Waals surface area contributed by atoms with Gasteiger partial charge < -0.3 is 14.2 Å². The van der Waals surface area contributed by atoms with Crippen LogP contribution >= 0.6 is 11.3 Å². The molecule has 1 aromatic heterocycles. The van der Waals surface area contributed by atoms with E-state index in [9.17, 15) is 0 Å². The fraction of sp³-hybridized carbons (Fsp3) is 0.556. The van der Waals surface area contributed by atoms with Gasteiger partial charge in [-0.2, -0.15) is 0 Å². The lowest BCUT2D eigenvalue weighted by Gasteiger charge is -2.12. The van der Waals surface area contributed by atoms with E-state index in [-0.39, 0.29) is 6.29 Å². The minimum absolute atomic E-state index is 0.264. The molecule has 4 heteroatoms. The van der Waals surface area contributed by atoms with Crippen LogP contribution in [-0.2, 0) is 20.8 Å². The van der Waals surface area contributed by atoms with Crippen LogP contribution in [0.4, 0.5) is 0 Å². The highest BCUT2D eigenvalue weighted by Crippen LogP contribution is 2.09. The highest BCUT2D eigenvalue weighted by atomic mass is 32.1. The van der Waals surface area contributed by atoms with Gasteiger partial charge in [0.25, 0.3) is 0 Å². The first-order chi connectivity index (χ1) is 6.36. The van der Waals surface area contributed by atoms with Gasteiger partial charge in [-0.25, -0.2) is 0 Å². The predicted octanol–water partition coefficient (Wildman–Crippen LogP) is 1.88. The van der Waals surface area contributed by atoms with Gasteiger partial charge in [0, 0.05) is 19.1 Å². The third-order valence-electron chi connectivity index (χ3n) is 1.60. The van der Waals surface area contributed by atoms with Crippen molar-refractivity contribution in [1.82, 2.24) is 0 Å². The molecule has 0 aromatic carbocycles. The summed E-state index contributed by atoms with van der Waals surface area (Å²) in [5.41, 5.74) is 0. The molecule has 1 rings (SSSR count). The number of rotatable bonds is 6. The Hall–Kier alpha value is -0.420. The summed E-state index contributed by atoms with van der Waals surface area (Å²) >= 11 is 1.68. The smallest absolute Gasteiger partial charge is 0.180 e. The molecule has 74 valence electrons. The summed E-state index contributed by atoms with van der Waals surface area (Å²) in [7, 11) is 3.20. The zero-order valence-electron chi connectivity index (χ0n) is 7.86. The summed E-state index contributed by atoms with van der Waals surface area (Å²) in [6.07, 6.45) is -0.264. The zero-order chi connectivity index (χ0) is 9.52. The fourth-order valence-electron chi connectivity index (χ4n) is 0.883. The van der Waals surface area contributed by atoms with Crippen LogP contribution in [0, 0.1) is 0 Å². The van der Waals surface area contributed by atoms with E-state index in [1.165, 1.54) is 4.88 Å². The molecule has 0 fully saturated rings. The molecular formula is C9H14O3S. The maximum atomic E-state index is 5.38. The first kappa shape index (κ1) is 10.7. The van der Waals surface area contributed by atoms with Crippen LogP contribution in [-0.4, -0.2) is 27.1 Å². The van der Waals surface area contributed by atoms with Gasteiger partial charge in [0.2, 0.25) is 0 Å². The Morgan fingerprint density at radius 2 is 2.15 bits per heavy atom. The van der Waals surface area contributed by atoms with Crippen molar-refractivity contribution in [2.45, 2.75) is 12.9 Å². The quantitative estimate of drug-likeness (QED) is 0.659. The second-order valence-corrected chi connectivity index (χ2v) is 3.53. The fourth-order valence-corrected chi connectivity index (χ4v) is 1.52. The molecule has 0 atom stereocenters. The van der Waals surface area contributed by atoms with E-state index >= 15 is 0 Å². The first-order valence-corrected chi connectivity index (χ1v) is 4.90. The van der Waals surface area contributed by atoms with E-state index in [0.717, 1.165) is 0 Å². The monoisotopic (exact) mass is 202 g/mol. The third kappa shape index (κ3) is 3.87. The summed E-state index contributed by atoms with van der Waals surface area (Å²) in [5, 5.41) is 2.03. The van der Waals surface area contributed by atoms with Gasteiger partial charge in [-0.15, -0.1) is 11.3 Å². The highest BCUT2D eigenvalue weighted by Gasteiger charge is 2.04. The Morgan fingerprint density at radius 3 is 2.69 bits per heavy atom. The van der Waals surface area contributed by atoms with E-state index in [4.69, 9.17) is 14.2 Å². The molecule has 0 N–H and O–H groups in total. The number of hydrogen-bond acceptors (Lipinski definition) is 4. The van der Waals surface area contributed by atoms with E-state index in [2.05, 4.69) is 0 Å². The van der Waals surface area contributed by atoms with Gasteiger partial charge in [-0.05, 0) is 11.4 Å². The van der Waals surface area contributed by atoms with Crippen LogP contribution in [0.5, 0.6) is 0 Å². The molecule has 0 radical (unpaired) electrons. The topological polar surface area (TPSA) is 27.7 Å². The van der Waals surface area contributed by atoms with Gasteiger partial charge in [-0.3, -0.25) is 0 Å². The minimum atomic E-state index is -0.264. The summed E-state index contributed by atoms with van der Waals surface area (Å²) in [5.74, 6) is 0. The number of methoxy groups -OCH3 is 2. The SMILES string of the molecule is COC(COCc1cccs1)OC. The molecule has 0 spiro atoms. The van der Waals surface area contributed by atoms with Crippen LogP contribution in [0.15, 0.2) is 17.5 Å². The molecule has 0 saturated carbocycles. The lowest BCUT2D eigenvalue weighted by Crippen LogP contribution is -2.19. The maximum Gasteiger partial charge on any atom is 0.180 e. The molecule has 3 nitrogen and oxygen atoms in total. The van der Waals surface area contributed by atoms with Crippen molar-refractivity contribution in [3.8, 4) is 0 Å². The standard InChI is InChI=1S/C9H14O3S/c1-10-9(11-2)7-12-6-8-4-3-5-13-8/h3-5,9H,6-7H2,1-2H3. The van der Waals surface area contributed by atoms with Gasteiger partial charge in [0.05, 0.1) is 13.2 Å². The molecule has 0 amide bonds. The number of thiophene rings is 1. The molecular weight excluding hydrogens is 188 g/mol. The van der Waals surface area contributed by atoms with Crippen molar-refractivity contribution >= 4 is 11.3 Å². The van der Waals surface area contributed by atoms with Crippen molar-refractivity contribution in [1.29, 1.82) is 0 Å². The van der Waals surface area contributed by atoms with Crippen LogP contribution in [0.2, 0.25) is 0 Å². The molecule has 0 bridgehead atoms.